The molecule has 23 heavy (non-hydrogen) atoms. The van der Waals surface area contributed by atoms with Crippen LogP contribution in [0.3, 0.4) is 0 Å². The topological polar surface area (TPSA) is 99.6 Å². The van der Waals surface area contributed by atoms with Crippen molar-refractivity contribution in [1.29, 1.82) is 0 Å². The van der Waals surface area contributed by atoms with Crippen LogP contribution < -0.4 is 5.32 Å². The molecule has 0 radical (unpaired) electrons. The number of aromatic nitrogens is 1. The highest BCUT2D eigenvalue weighted by atomic mass is 19.4. The number of nitrogens with one attached hydrogen (secondary N) is 1. The monoisotopic (exact) mass is 333 g/mol. The van der Waals surface area contributed by atoms with E-state index in [0.29, 0.717) is 0 Å². The molecule has 1 aliphatic heterocycles. The number of hydrogen-bond acceptors (Lipinski definition) is 4. The van der Waals surface area contributed by atoms with Gasteiger partial charge in [0.15, 0.2) is 0 Å². The molecule has 1 saturated heterocycles. The number of rotatable bonds is 2. The van der Waals surface area contributed by atoms with Crippen molar-refractivity contribution in [1.82, 2.24) is 15.2 Å². The van der Waals surface area contributed by atoms with Crippen molar-refractivity contribution in [3.8, 4) is 0 Å². The third-order valence-electron chi connectivity index (χ3n) is 2.78. The summed E-state index contributed by atoms with van der Waals surface area (Å²) in [5, 5.41) is 9.76. The summed E-state index contributed by atoms with van der Waals surface area (Å²) in [5.74, 6) is -2.96. The van der Waals surface area contributed by atoms with E-state index in [9.17, 15) is 22.8 Å². The van der Waals surface area contributed by atoms with Gasteiger partial charge in [-0.05, 0) is 31.5 Å². The summed E-state index contributed by atoms with van der Waals surface area (Å²) in [6.07, 6.45) is -1.81. The zero-order valence-electron chi connectivity index (χ0n) is 12.2. The van der Waals surface area contributed by atoms with E-state index < -0.39 is 17.7 Å². The van der Waals surface area contributed by atoms with Gasteiger partial charge >= 0.3 is 18.2 Å². The Balaban J connectivity index is 0.000000322. The van der Waals surface area contributed by atoms with E-state index in [1.54, 1.807) is 38.4 Å². The van der Waals surface area contributed by atoms with Crippen LogP contribution in [0.2, 0.25) is 0 Å². The molecular formula is C13H14F3N3O4. The lowest BCUT2D eigenvalue weighted by Crippen LogP contribution is -2.40. The third-order valence-corrected chi connectivity index (χ3v) is 2.78. The molecule has 0 aliphatic carbocycles. The molecule has 1 aromatic rings. The molecule has 10 heteroatoms. The Bertz CT molecular complexity index is 602. The number of aliphatic carboxylic acids is 1. The molecule has 0 saturated carbocycles. The van der Waals surface area contributed by atoms with Gasteiger partial charge < -0.3 is 10.4 Å². The Labute approximate surface area is 129 Å². The number of carbonyl (C=O) groups is 3. The average molecular weight is 333 g/mol. The largest absolute Gasteiger partial charge is 0.490 e. The molecule has 2 heterocycles. The maximum Gasteiger partial charge on any atom is 0.490 e. The molecule has 2 N–H and O–H groups in total. The van der Waals surface area contributed by atoms with E-state index in [1.807, 2.05) is 0 Å². The average Bonchev–Trinajstić information content (AvgIpc) is 2.62. The van der Waals surface area contributed by atoms with E-state index in [1.165, 1.54) is 4.90 Å². The summed E-state index contributed by atoms with van der Waals surface area (Å²) in [6.45, 7) is 3.68. The number of amides is 3. The Kier molecular flexibility index (Phi) is 5.30. The first-order valence-electron chi connectivity index (χ1n) is 6.28. The lowest BCUT2D eigenvalue weighted by atomic mass is 10.1. The molecule has 0 unspecified atom stereocenters. The molecule has 0 bridgehead atoms. The minimum absolute atomic E-state index is 0.200. The van der Waals surface area contributed by atoms with Crippen LogP contribution in [-0.4, -0.2) is 44.6 Å². The van der Waals surface area contributed by atoms with Gasteiger partial charge in [-0.1, -0.05) is 0 Å². The first kappa shape index (κ1) is 18.4. The number of halogens is 3. The second-order valence-electron chi connectivity index (χ2n) is 5.10. The molecule has 126 valence electrons. The van der Waals surface area contributed by atoms with Gasteiger partial charge in [-0.25, -0.2) is 9.59 Å². The number of pyridine rings is 1. The van der Waals surface area contributed by atoms with Gasteiger partial charge in [0.25, 0.3) is 5.91 Å². The normalized spacial score (nSPS) is 16.5. The quantitative estimate of drug-likeness (QED) is 0.800. The molecule has 0 spiro atoms. The van der Waals surface area contributed by atoms with Gasteiger partial charge in [0, 0.05) is 12.4 Å². The Morgan fingerprint density at radius 3 is 2.13 bits per heavy atom. The fourth-order valence-electron chi connectivity index (χ4n) is 1.63. The second kappa shape index (κ2) is 6.63. The third kappa shape index (κ3) is 4.94. The molecule has 3 amide bonds. The summed E-state index contributed by atoms with van der Waals surface area (Å²) in [4.78, 5) is 37.4. The van der Waals surface area contributed by atoms with Crippen molar-refractivity contribution in [2.75, 3.05) is 0 Å². The number of carboxylic acid groups (broad SMARTS) is 1. The summed E-state index contributed by atoms with van der Waals surface area (Å²) in [7, 11) is 0. The second-order valence-corrected chi connectivity index (χ2v) is 5.10. The molecule has 1 aromatic heterocycles. The summed E-state index contributed by atoms with van der Waals surface area (Å²) in [5.41, 5.74) is 0.0839. The van der Waals surface area contributed by atoms with Crippen molar-refractivity contribution in [3.05, 3.63) is 30.1 Å². The van der Waals surface area contributed by atoms with Crippen molar-refractivity contribution >= 4 is 17.9 Å². The van der Waals surface area contributed by atoms with Gasteiger partial charge in [0.1, 0.15) is 5.54 Å². The fourth-order valence-corrected chi connectivity index (χ4v) is 1.63. The fraction of sp³-hybridized carbons (Fsp3) is 0.385. The van der Waals surface area contributed by atoms with Crippen LogP contribution in [-0.2, 0) is 16.1 Å². The van der Waals surface area contributed by atoms with Crippen LogP contribution >= 0.6 is 0 Å². The molecule has 0 aromatic carbocycles. The van der Waals surface area contributed by atoms with Gasteiger partial charge in [0.05, 0.1) is 6.54 Å². The number of hydrogen-bond donors (Lipinski definition) is 2. The lowest BCUT2D eigenvalue weighted by Gasteiger charge is -2.15. The molecule has 1 fully saturated rings. The first-order chi connectivity index (χ1) is 10.4. The Morgan fingerprint density at radius 1 is 1.30 bits per heavy atom. The number of alkyl halides is 3. The van der Waals surface area contributed by atoms with E-state index in [4.69, 9.17) is 9.90 Å². The summed E-state index contributed by atoms with van der Waals surface area (Å²) >= 11 is 0. The van der Waals surface area contributed by atoms with Crippen molar-refractivity contribution in [2.24, 2.45) is 0 Å². The zero-order valence-corrected chi connectivity index (χ0v) is 12.2. The SMILES string of the molecule is CC1(C)NC(=O)N(Cc2ccncc2)C1=O.O=C(O)C(F)(F)F. The number of nitrogens with zero attached hydrogens (tertiary/aromatic N) is 2. The maximum absolute atomic E-state index is 11.9. The van der Waals surface area contributed by atoms with Crippen LogP contribution in [0.5, 0.6) is 0 Å². The zero-order chi connectivity index (χ0) is 17.8. The van der Waals surface area contributed by atoms with E-state index in [0.717, 1.165) is 5.56 Å². The van der Waals surface area contributed by atoms with Crippen LogP contribution in [0, 0.1) is 0 Å². The number of carboxylic acids is 1. The van der Waals surface area contributed by atoms with Crippen molar-refractivity contribution in [3.63, 3.8) is 0 Å². The maximum atomic E-state index is 11.9. The van der Waals surface area contributed by atoms with E-state index in [-0.39, 0.29) is 18.5 Å². The molecule has 2 rings (SSSR count). The van der Waals surface area contributed by atoms with Crippen LogP contribution in [0.15, 0.2) is 24.5 Å². The standard InChI is InChI=1S/C11H13N3O2.C2HF3O2/c1-11(2)9(15)14(10(16)13-11)7-8-3-5-12-6-4-8;3-2(4,5)1(6)7/h3-6H,7H2,1-2H3,(H,13,16);(H,6,7). The van der Waals surface area contributed by atoms with E-state index >= 15 is 0 Å². The highest BCUT2D eigenvalue weighted by Crippen LogP contribution is 2.18. The van der Waals surface area contributed by atoms with Gasteiger partial charge in [-0.15, -0.1) is 0 Å². The molecule has 7 nitrogen and oxygen atoms in total. The molecule has 1 aliphatic rings. The van der Waals surface area contributed by atoms with Crippen LogP contribution in [0.25, 0.3) is 0 Å². The summed E-state index contributed by atoms with van der Waals surface area (Å²) < 4.78 is 31.7. The highest BCUT2D eigenvalue weighted by molar-refractivity contribution is 6.06. The van der Waals surface area contributed by atoms with E-state index in [2.05, 4.69) is 10.3 Å². The number of imide groups is 1. The minimum atomic E-state index is -5.08. The number of carbonyl (C=O) groups excluding carboxylic acids is 2. The van der Waals surface area contributed by atoms with Crippen LogP contribution in [0.1, 0.15) is 19.4 Å². The predicted molar refractivity (Wildman–Crippen MR) is 71.1 cm³/mol. The molecular weight excluding hydrogens is 319 g/mol. The van der Waals surface area contributed by atoms with Gasteiger partial charge in [0.2, 0.25) is 0 Å². The minimum Gasteiger partial charge on any atom is -0.475 e. The predicted octanol–water partition coefficient (Wildman–Crippen LogP) is 1.55. The first-order valence-corrected chi connectivity index (χ1v) is 6.28. The highest BCUT2D eigenvalue weighted by Gasteiger charge is 2.44. The van der Waals surface area contributed by atoms with Crippen molar-refractivity contribution < 1.29 is 32.7 Å². The Morgan fingerprint density at radius 2 is 1.78 bits per heavy atom. The lowest BCUT2D eigenvalue weighted by molar-refractivity contribution is -0.192. The van der Waals surface area contributed by atoms with Crippen LogP contribution in [0.4, 0.5) is 18.0 Å². The van der Waals surface area contributed by atoms with Gasteiger partial charge in [-0.3, -0.25) is 14.7 Å². The summed E-state index contributed by atoms with van der Waals surface area (Å²) in [6, 6.07) is 3.23. The van der Waals surface area contributed by atoms with Crippen molar-refractivity contribution in [2.45, 2.75) is 32.1 Å². The smallest absolute Gasteiger partial charge is 0.475 e. The molecule has 0 atom stereocenters. The Hall–Kier alpha value is -2.65. The van der Waals surface area contributed by atoms with Gasteiger partial charge in [-0.2, -0.15) is 13.2 Å². The number of urea groups is 1.